The van der Waals surface area contributed by atoms with E-state index in [0.717, 1.165) is 110 Å². The fourth-order valence-corrected chi connectivity index (χ4v) is 9.38. The fraction of sp³-hybridized carbons (Fsp3) is 0. The molecule has 0 aliphatic rings. The Labute approximate surface area is 355 Å². The van der Waals surface area contributed by atoms with Crippen LogP contribution in [0.25, 0.3) is 133 Å². The predicted molar refractivity (Wildman–Crippen MR) is 254 cm³/mol. The number of rotatable bonds is 5. The number of hydrogen-bond acceptors (Lipinski definition) is 5. The summed E-state index contributed by atoms with van der Waals surface area (Å²) in [5, 5.41) is 11.0. The van der Waals surface area contributed by atoms with Crippen LogP contribution < -0.4 is 0 Å². The third-order valence-electron chi connectivity index (χ3n) is 12.3. The Morgan fingerprint density at radius 2 is 0.839 bits per heavy atom. The van der Waals surface area contributed by atoms with Crippen molar-refractivity contribution in [2.24, 2.45) is 0 Å². The minimum absolute atomic E-state index is 0.584. The Kier molecular flexibility index (Phi) is 7.54. The minimum Gasteiger partial charge on any atom is -0.456 e. The normalized spacial score (nSPS) is 11.9. The molecule has 0 fully saturated rings. The number of para-hydroxylation sites is 2. The summed E-state index contributed by atoms with van der Waals surface area (Å²) in [6.45, 7) is 0. The quantitative estimate of drug-likeness (QED) is 0.162. The van der Waals surface area contributed by atoms with Gasteiger partial charge in [-0.2, -0.15) is 0 Å². The SMILES string of the molecule is c1ccc(-c2cc(-c3ccc4ccc(-c5nc(-c6cc7ccccc7c7ccccc67)nc(-c6cccc7oc8ccccc8c67)n5)cc4c3)c3c(c2)oc2ccccc23)cc1. The smallest absolute Gasteiger partial charge is 0.164 e. The molecule has 0 spiro atoms. The molecule has 3 heterocycles. The Bertz CT molecular complexity index is 3940. The van der Waals surface area contributed by atoms with E-state index < -0.39 is 0 Å². The lowest BCUT2D eigenvalue weighted by molar-refractivity contribution is 0.668. The summed E-state index contributed by atoms with van der Waals surface area (Å²) >= 11 is 0. The van der Waals surface area contributed by atoms with Gasteiger partial charge < -0.3 is 8.83 Å². The first-order valence-electron chi connectivity index (χ1n) is 20.8. The van der Waals surface area contributed by atoms with Gasteiger partial charge >= 0.3 is 0 Å². The molecule has 0 aliphatic carbocycles. The van der Waals surface area contributed by atoms with Crippen LogP contribution in [0.1, 0.15) is 0 Å². The molecule has 0 saturated heterocycles. The monoisotopic (exact) mass is 791 g/mol. The number of aromatic nitrogens is 3. The maximum absolute atomic E-state index is 6.50. The second-order valence-corrected chi connectivity index (χ2v) is 15.9. The molecule has 5 nitrogen and oxygen atoms in total. The van der Waals surface area contributed by atoms with Crippen LogP contribution in [0, 0.1) is 0 Å². The summed E-state index contributed by atoms with van der Waals surface area (Å²) in [5.74, 6) is 1.78. The van der Waals surface area contributed by atoms with E-state index in [2.05, 4.69) is 152 Å². The second-order valence-electron chi connectivity index (χ2n) is 15.9. The van der Waals surface area contributed by atoms with Crippen LogP contribution in [0.4, 0.5) is 0 Å². The van der Waals surface area contributed by atoms with Crippen molar-refractivity contribution in [3.05, 3.63) is 200 Å². The molecule has 0 amide bonds. The number of furan rings is 2. The van der Waals surface area contributed by atoms with Gasteiger partial charge in [-0.1, -0.05) is 152 Å². The van der Waals surface area contributed by atoms with Crippen molar-refractivity contribution in [1.82, 2.24) is 15.0 Å². The van der Waals surface area contributed by atoms with E-state index in [1.54, 1.807) is 0 Å². The molecule has 0 N–H and O–H groups in total. The van der Waals surface area contributed by atoms with Gasteiger partial charge in [0, 0.05) is 38.2 Å². The summed E-state index contributed by atoms with van der Waals surface area (Å²) in [4.78, 5) is 15.9. The van der Waals surface area contributed by atoms with Gasteiger partial charge in [0.05, 0.1) is 0 Å². The predicted octanol–water partition coefficient (Wildman–Crippen LogP) is 15.5. The van der Waals surface area contributed by atoms with Gasteiger partial charge in [-0.25, -0.2) is 15.0 Å². The first-order valence-corrected chi connectivity index (χ1v) is 20.8. The Balaban J connectivity index is 1.04. The fourth-order valence-electron chi connectivity index (χ4n) is 9.38. The van der Waals surface area contributed by atoms with Crippen LogP contribution in [-0.2, 0) is 0 Å². The van der Waals surface area contributed by atoms with Crippen LogP contribution in [0.2, 0.25) is 0 Å². The first-order chi connectivity index (χ1) is 30.7. The van der Waals surface area contributed by atoms with Gasteiger partial charge in [-0.05, 0) is 103 Å². The first kappa shape index (κ1) is 34.5. The van der Waals surface area contributed by atoms with E-state index in [1.165, 1.54) is 5.39 Å². The highest BCUT2D eigenvalue weighted by molar-refractivity contribution is 6.16. The van der Waals surface area contributed by atoms with Crippen LogP contribution in [-0.4, -0.2) is 15.0 Å². The van der Waals surface area contributed by atoms with Crippen molar-refractivity contribution in [3.8, 4) is 56.4 Å². The molecule has 0 bridgehead atoms. The Morgan fingerprint density at radius 1 is 0.258 bits per heavy atom. The summed E-state index contributed by atoms with van der Waals surface area (Å²) in [6, 6.07) is 69.9. The molecule has 62 heavy (non-hydrogen) atoms. The zero-order chi connectivity index (χ0) is 40.7. The summed E-state index contributed by atoms with van der Waals surface area (Å²) in [5.41, 5.74) is 10.5. The van der Waals surface area contributed by atoms with E-state index >= 15 is 0 Å². The van der Waals surface area contributed by atoms with Gasteiger partial charge in [0.1, 0.15) is 22.3 Å². The third kappa shape index (κ3) is 5.45. The van der Waals surface area contributed by atoms with Crippen molar-refractivity contribution in [2.75, 3.05) is 0 Å². The van der Waals surface area contributed by atoms with Crippen LogP contribution in [0.3, 0.4) is 0 Å². The molecular weight excluding hydrogens is 759 g/mol. The zero-order valence-electron chi connectivity index (χ0n) is 33.2. The van der Waals surface area contributed by atoms with E-state index in [1.807, 2.05) is 48.5 Å². The third-order valence-corrected chi connectivity index (χ3v) is 12.3. The van der Waals surface area contributed by atoms with Crippen molar-refractivity contribution in [2.45, 2.75) is 0 Å². The highest BCUT2D eigenvalue weighted by Crippen LogP contribution is 2.42. The zero-order valence-corrected chi connectivity index (χ0v) is 33.2. The maximum Gasteiger partial charge on any atom is 0.164 e. The summed E-state index contributed by atoms with van der Waals surface area (Å²) in [7, 11) is 0. The number of fused-ring (bicyclic) bond motifs is 10. The minimum atomic E-state index is 0.584. The molecule has 13 rings (SSSR count). The molecule has 0 atom stereocenters. The van der Waals surface area contributed by atoms with Crippen LogP contribution in [0.5, 0.6) is 0 Å². The Morgan fingerprint density at radius 3 is 1.63 bits per heavy atom. The lowest BCUT2D eigenvalue weighted by Gasteiger charge is -2.13. The maximum atomic E-state index is 6.50. The van der Waals surface area contributed by atoms with Gasteiger partial charge in [0.15, 0.2) is 17.5 Å². The average molecular weight is 792 g/mol. The average Bonchev–Trinajstić information content (AvgIpc) is 3.92. The summed E-state index contributed by atoms with van der Waals surface area (Å²) < 4.78 is 12.9. The summed E-state index contributed by atoms with van der Waals surface area (Å²) in [6.07, 6.45) is 0. The highest BCUT2D eigenvalue weighted by Gasteiger charge is 2.20. The van der Waals surface area contributed by atoms with Crippen molar-refractivity contribution in [3.63, 3.8) is 0 Å². The molecule has 288 valence electrons. The molecule has 0 saturated carbocycles. The molecule has 13 aromatic rings. The topological polar surface area (TPSA) is 65.0 Å². The van der Waals surface area contributed by atoms with E-state index in [4.69, 9.17) is 23.8 Å². The highest BCUT2D eigenvalue weighted by atomic mass is 16.3. The van der Waals surface area contributed by atoms with Crippen molar-refractivity contribution < 1.29 is 8.83 Å². The molecule has 0 unspecified atom stereocenters. The van der Waals surface area contributed by atoms with Crippen LogP contribution in [0.15, 0.2) is 209 Å². The van der Waals surface area contributed by atoms with Crippen LogP contribution >= 0.6 is 0 Å². The van der Waals surface area contributed by atoms with E-state index in [-0.39, 0.29) is 0 Å². The van der Waals surface area contributed by atoms with Gasteiger partial charge in [-0.15, -0.1) is 0 Å². The standard InChI is InChI=1S/C57H33N3O2/c1-2-13-34(14-3-1)40-32-47(54-45-20-9-11-23-50(45)62-52(54)33-40)37-27-25-35-26-28-38(30-39(35)29-37)55-58-56(46-21-12-24-51-53(46)44-19-8-10-22-49(44)61-51)60-57(59-55)48-31-36-15-4-5-16-41(36)42-17-6-7-18-43(42)48/h1-33H. The molecule has 0 aliphatic heterocycles. The largest absolute Gasteiger partial charge is 0.456 e. The van der Waals surface area contributed by atoms with Gasteiger partial charge in [0.2, 0.25) is 0 Å². The van der Waals surface area contributed by atoms with Crippen molar-refractivity contribution >= 4 is 76.2 Å². The second kappa shape index (κ2) is 13.6. The Hall–Kier alpha value is -8.41. The van der Waals surface area contributed by atoms with Gasteiger partial charge in [-0.3, -0.25) is 0 Å². The number of nitrogens with zero attached hydrogens (tertiary/aromatic N) is 3. The lowest BCUT2D eigenvalue weighted by Crippen LogP contribution is -2.01. The van der Waals surface area contributed by atoms with E-state index in [0.29, 0.717) is 17.5 Å². The molecular formula is C57H33N3O2. The van der Waals surface area contributed by atoms with E-state index in [9.17, 15) is 0 Å². The molecule has 10 aromatic carbocycles. The lowest BCUT2D eigenvalue weighted by atomic mass is 9.93. The number of benzene rings is 10. The number of hydrogen-bond donors (Lipinski definition) is 0. The van der Waals surface area contributed by atoms with Gasteiger partial charge in [0.25, 0.3) is 0 Å². The molecule has 0 radical (unpaired) electrons. The molecule has 3 aromatic heterocycles. The van der Waals surface area contributed by atoms with Crippen molar-refractivity contribution in [1.29, 1.82) is 0 Å². The molecule has 5 heteroatoms.